The summed E-state index contributed by atoms with van der Waals surface area (Å²) >= 11 is 7.34. The zero-order valence-electron chi connectivity index (χ0n) is 12.0. The molecule has 2 nitrogen and oxygen atoms in total. The van der Waals surface area contributed by atoms with Gasteiger partial charge in [-0.05, 0) is 67.6 Å². The van der Waals surface area contributed by atoms with E-state index in [2.05, 4.69) is 53.1 Å². The van der Waals surface area contributed by atoms with Crippen molar-refractivity contribution in [2.75, 3.05) is 0 Å². The van der Waals surface area contributed by atoms with Gasteiger partial charge >= 0.3 is 0 Å². The van der Waals surface area contributed by atoms with E-state index in [1.807, 2.05) is 22.7 Å². The fourth-order valence-corrected chi connectivity index (χ4v) is 5.78. The molecule has 0 fully saturated rings. The van der Waals surface area contributed by atoms with Crippen LogP contribution in [0.2, 0.25) is 0 Å². The van der Waals surface area contributed by atoms with Crippen molar-refractivity contribution in [1.29, 1.82) is 0 Å². The minimum absolute atomic E-state index is 0.371. The predicted octanol–water partition coefficient (Wildman–Crippen LogP) is 5.31. The second-order valence-electron chi connectivity index (χ2n) is 5.44. The molecule has 2 unspecified atom stereocenters. The average molecular weight is 371 g/mol. The lowest BCUT2D eigenvalue weighted by Crippen LogP contribution is -2.27. The van der Waals surface area contributed by atoms with Gasteiger partial charge in [-0.15, -0.1) is 22.7 Å². The number of fused-ring (bicyclic) bond motifs is 1. The minimum atomic E-state index is 0.371. The van der Waals surface area contributed by atoms with Crippen molar-refractivity contribution in [3.05, 3.63) is 35.9 Å². The Morgan fingerprint density at radius 1 is 1.40 bits per heavy atom. The summed E-state index contributed by atoms with van der Waals surface area (Å²) in [7, 11) is 0. The Bertz CT molecular complexity index is 617. The Kier molecular flexibility index (Phi) is 4.32. The first kappa shape index (κ1) is 14.7. The van der Waals surface area contributed by atoms with Gasteiger partial charge in [0.1, 0.15) is 0 Å². The lowest BCUT2D eigenvalue weighted by atomic mass is 9.93. The van der Waals surface area contributed by atoms with Crippen molar-refractivity contribution in [2.24, 2.45) is 0 Å². The molecule has 0 aromatic carbocycles. The van der Waals surface area contributed by atoms with Gasteiger partial charge in [-0.2, -0.15) is 0 Å². The number of hydrogen-bond donors (Lipinski definition) is 1. The first-order valence-corrected chi connectivity index (χ1v) is 9.45. The van der Waals surface area contributed by atoms with E-state index in [1.165, 1.54) is 39.2 Å². The zero-order chi connectivity index (χ0) is 14.3. The summed E-state index contributed by atoms with van der Waals surface area (Å²) < 4.78 is 1.26. The Labute approximate surface area is 136 Å². The van der Waals surface area contributed by atoms with Crippen LogP contribution in [0.4, 0.5) is 0 Å². The van der Waals surface area contributed by atoms with E-state index in [0.29, 0.717) is 12.1 Å². The van der Waals surface area contributed by atoms with Gasteiger partial charge in [0.2, 0.25) is 0 Å². The van der Waals surface area contributed by atoms with E-state index in [0.717, 1.165) is 5.01 Å². The topological polar surface area (TPSA) is 24.9 Å². The molecule has 0 saturated carbocycles. The molecular formula is C15H19BrN2S2. The minimum Gasteiger partial charge on any atom is -0.302 e. The second-order valence-corrected chi connectivity index (χ2v) is 9.20. The van der Waals surface area contributed by atoms with Crippen LogP contribution in [0.15, 0.2) is 9.85 Å². The highest BCUT2D eigenvalue weighted by molar-refractivity contribution is 9.11. The van der Waals surface area contributed by atoms with Crippen LogP contribution in [0.3, 0.4) is 0 Å². The Hall–Kier alpha value is -0.230. The third-order valence-electron chi connectivity index (χ3n) is 3.87. The lowest BCUT2D eigenvalue weighted by Gasteiger charge is -2.27. The fourth-order valence-electron chi connectivity index (χ4n) is 3.02. The number of aromatic nitrogens is 1. The Morgan fingerprint density at radius 2 is 2.20 bits per heavy atom. The second kappa shape index (κ2) is 5.87. The van der Waals surface area contributed by atoms with Gasteiger partial charge in [-0.1, -0.05) is 0 Å². The van der Waals surface area contributed by atoms with Crippen LogP contribution >= 0.6 is 38.6 Å². The maximum absolute atomic E-state index is 4.55. The summed E-state index contributed by atoms with van der Waals surface area (Å²) in [6.07, 6.45) is 3.75. The number of hydrogen-bond acceptors (Lipinski definition) is 4. The predicted molar refractivity (Wildman–Crippen MR) is 90.8 cm³/mol. The summed E-state index contributed by atoms with van der Waals surface area (Å²) in [4.78, 5) is 7.47. The van der Waals surface area contributed by atoms with Crippen LogP contribution in [0.5, 0.6) is 0 Å². The third kappa shape index (κ3) is 2.86. The van der Waals surface area contributed by atoms with Crippen molar-refractivity contribution in [3.8, 4) is 0 Å². The van der Waals surface area contributed by atoms with E-state index in [-0.39, 0.29) is 0 Å². The van der Waals surface area contributed by atoms with Gasteiger partial charge in [0.25, 0.3) is 0 Å². The molecule has 0 saturated heterocycles. The number of thiazole rings is 1. The molecule has 0 aliphatic heterocycles. The van der Waals surface area contributed by atoms with Crippen molar-refractivity contribution in [2.45, 2.75) is 52.1 Å². The molecule has 2 heterocycles. The normalized spacial score (nSPS) is 19.9. The molecule has 0 spiro atoms. The highest BCUT2D eigenvalue weighted by Gasteiger charge is 2.25. The first-order chi connectivity index (χ1) is 9.54. The zero-order valence-corrected chi connectivity index (χ0v) is 15.2. The van der Waals surface area contributed by atoms with Crippen LogP contribution in [0.1, 0.15) is 57.9 Å². The van der Waals surface area contributed by atoms with E-state index in [1.54, 1.807) is 4.88 Å². The molecule has 108 valence electrons. The molecule has 20 heavy (non-hydrogen) atoms. The van der Waals surface area contributed by atoms with Gasteiger partial charge in [-0.25, -0.2) is 4.98 Å². The molecule has 5 heteroatoms. The summed E-state index contributed by atoms with van der Waals surface area (Å²) in [6.45, 7) is 6.46. The molecule has 1 aliphatic carbocycles. The lowest BCUT2D eigenvalue weighted by molar-refractivity contribution is 0.420. The van der Waals surface area contributed by atoms with Gasteiger partial charge in [0.15, 0.2) is 0 Å². The molecule has 0 bridgehead atoms. The van der Waals surface area contributed by atoms with Crippen LogP contribution in [0.25, 0.3) is 0 Å². The third-order valence-corrected chi connectivity index (χ3v) is 6.84. The number of nitrogens with zero attached hydrogens (tertiary/aromatic N) is 1. The van der Waals surface area contributed by atoms with Crippen LogP contribution in [-0.4, -0.2) is 4.98 Å². The van der Waals surface area contributed by atoms with Crippen LogP contribution < -0.4 is 5.32 Å². The highest BCUT2D eigenvalue weighted by Crippen LogP contribution is 2.39. The maximum Gasteiger partial charge on any atom is 0.0900 e. The highest BCUT2D eigenvalue weighted by atomic mass is 79.9. The van der Waals surface area contributed by atoms with E-state index < -0.39 is 0 Å². The summed E-state index contributed by atoms with van der Waals surface area (Å²) in [5.41, 5.74) is 2.67. The number of thiophene rings is 1. The Morgan fingerprint density at radius 3 is 2.90 bits per heavy atom. The standard InChI is InChI=1S/C15H19BrN2S2/c1-8-15(19-10(3)17-8)9(2)18-12-5-4-6-13-11(12)7-14(16)20-13/h7,9,12,18H,4-6H2,1-3H3. The number of aryl methyl sites for hydroxylation is 3. The molecule has 2 aromatic rings. The number of halogens is 1. The quantitative estimate of drug-likeness (QED) is 0.791. The molecule has 2 atom stereocenters. The summed E-state index contributed by atoms with van der Waals surface area (Å²) in [5, 5.41) is 4.98. The molecular weight excluding hydrogens is 352 g/mol. The average Bonchev–Trinajstić information content (AvgIpc) is 2.91. The largest absolute Gasteiger partial charge is 0.302 e. The molecule has 1 N–H and O–H groups in total. The van der Waals surface area contributed by atoms with Crippen molar-refractivity contribution >= 4 is 38.6 Å². The van der Waals surface area contributed by atoms with Crippen LogP contribution in [-0.2, 0) is 6.42 Å². The molecule has 3 rings (SSSR count). The SMILES string of the molecule is Cc1nc(C)c(C(C)NC2CCCc3sc(Br)cc32)s1. The van der Waals surface area contributed by atoms with Gasteiger partial charge in [0, 0.05) is 21.8 Å². The van der Waals surface area contributed by atoms with Crippen molar-refractivity contribution in [3.63, 3.8) is 0 Å². The van der Waals surface area contributed by atoms with Gasteiger partial charge < -0.3 is 5.32 Å². The first-order valence-electron chi connectivity index (χ1n) is 7.02. The summed E-state index contributed by atoms with van der Waals surface area (Å²) in [5.74, 6) is 0. The van der Waals surface area contributed by atoms with E-state index >= 15 is 0 Å². The molecule has 0 amide bonds. The smallest absolute Gasteiger partial charge is 0.0900 e. The fraction of sp³-hybridized carbons (Fsp3) is 0.533. The van der Waals surface area contributed by atoms with E-state index in [4.69, 9.17) is 0 Å². The molecule has 1 aliphatic rings. The number of nitrogens with one attached hydrogen (secondary N) is 1. The van der Waals surface area contributed by atoms with Gasteiger partial charge in [-0.3, -0.25) is 0 Å². The van der Waals surface area contributed by atoms with Crippen molar-refractivity contribution in [1.82, 2.24) is 10.3 Å². The molecule has 0 radical (unpaired) electrons. The molecule has 2 aromatic heterocycles. The van der Waals surface area contributed by atoms with E-state index in [9.17, 15) is 0 Å². The Balaban J connectivity index is 1.80. The van der Waals surface area contributed by atoms with Crippen molar-refractivity contribution < 1.29 is 0 Å². The summed E-state index contributed by atoms with van der Waals surface area (Å²) in [6, 6.07) is 3.16. The van der Waals surface area contributed by atoms with Gasteiger partial charge in [0.05, 0.1) is 14.5 Å². The number of rotatable bonds is 3. The maximum atomic E-state index is 4.55. The monoisotopic (exact) mass is 370 g/mol. The van der Waals surface area contributed by atoms with Crippen LogP contribution in [0, 0.1) is 13.8 Å².